The monoisotopic (exact) mass is 649 g/mol. The van der Waals surface area contributed by atoms with E-state index in [1.165, 1.54) is 11.8 Å². The van der Waals surface area contributed by atoms with Gasteiger partial charge in [-0.1, -0.05) is 80.7 Å². The fourth-order valence-corrected chi connectivity index (χ4v) is 7.31. The number of rotatable bonds is 15. The van der Waals surface area contributed by atoms with E-state index >= 15 is 0 Å². The highest BCUT2D eigenvalue weighted by Gasteiger charge is 2.33. The van der Waals surface area contributed by atoms with Crippen LogP contribution in [0.4, 0.5) is 11.5 Å². The number of aromatic nitrogens is 1. The van der Waals surface area contributed by atoms with Gasteiger partial charge in [-0.25, -0.2) is 0 Å². The summed E-state index contributed by atoms with van der Waals surface area (Å²) in [6.07, 6.45) is 9.93. The van der Waals surface area contributed by atoms with E-state index < -0.39 is 5.97 Å². The Bertz CT molecular complexity index is 1510. The molecular weight excluding hydrogens is 607 g/mol. The number of carbonyl (C=O) groups excluding carboxylic acids is 1. The number of piperazine rings is 1. The predicted octanol–water partition coefficient (Wildman–Crippen LogP) is 6.17. The number of hydrogen-bond acceptors (Lipinski definition) is 8. The molecule has 0 spiro atoms. The molecule has 2 aliphatic heterocycles. The summed E-state index contributed by atoms with van der Waals surface area (Å²) in [7, 11) is 0. The van der Waals surface area contributed by atoms with Gasteiger partial charge in [0.1, 0.15) is 21.8 Å². The lowest BCUT2D eigenvalue weighted by Crippen LogP contribution is -2.48. The number of thioether (sulfide) groups is 1. The lowest BCUT2D eigenvalue weighted by atomic mass is 10.0. The Morgan fingerprint density at radius 3 is 2.18 bits per heavy atom. The minimum Gasteiger partial charge on any atom is -0.481 e. The molecule has 3 heterocycles. The number of amides is 1. The minimum atomic E-state index is -0.731. The molecule has 1 amide bonds. The number of para-hydroxylation sites is 1. The van der Waals surface area contributed by atoms with E-state index in [2.05, 4.69) is 28.0 Å². The number of pyridine rings is 1. The van der Waals surface area contributed by atoms with Crippen molar-refractivity contribution in [2.24, 2.45) is 0 Å². The summed E-state index contributed by atoms with van der Waals surface area (Å²) in [6, 6.07) is 12.4. The van der Waals surface area contributed by atoms with E-state index in [9.17, 15) is 19.6 Å². The van der Waals surface area contributed by atoms with E-state index in [1.54, 1.807) is 16.4 Å². The van der Waals surface area contributed by atoms with Crippen molar-refractivity contribution in [3.63, 3.8) is 0 Å². The molecule has 1 aromatic heterocycles. The van der Waals surface area contributed by atoms with E-state index in [1.807, 2.05) is 31.2 Å². The molecule has 2 saturated heterocycles. The largest absolute Gasteiger partial charge is 0.481 e. The zero-order valence-electron chi connectivity index (χ0n) is 26.3. The molecule has 240 valence electrons. The molecule has 9 nitrogen and oxygen atoms in total. The molecule has 0 radical (unpaired) electrons. The van der Waals surface area contributed by atoms with Crippen LogP contribution in [0.3, 0.4) is 0 Å². The molecule has 0 saturated carbocycles. The molecule has 1 N–H and O–H groups in total. The molecule has 0 aliphatic carbocycles. The number of unbranched alkanes of at least 4 members (excludes halogenated alkanes) is 7. The zero-order valence-corrected chi connectivity index (χ0v) is 27.9. The van der Waals surface area contributed by atoms with Crippen molar-refractivity contribution in [3.05, 3.63) is 62.3 Å². The van der Waals surface area contributed by atoms with Crippen molar-refractivity contribution in [1.29, 1.82) is 5.26 Å². The molecule has 11 heteroatoms. The smallest absolute Gasteiger partial charge is 0.303 e. The quantitative estimate of drug-likeness (QED) is 0.138. The summed E-state index contributed by atoms with van der Waals surface area (Å²) in [5, 5.41) is 18.6. The lowest BCUT2D eigenvalue weighted by molar-refractivity contribution is -0.137. The Hall–Kier alpha value is -3.62. The van der Waals surface area contributed by atoms with Gasteiger partial charge in [0.25, 0.3) is 11.5 Å². The summed E-state index contributed by atoms with van der Waals surface area (Å²) in [4.78, 5) is 44.3. The van der Waals surface area contributed by atoms with Crippen molar-refractivity contribution in [2.75, 3.05) is 42.5 Å². The summed E-state index contributed by atoms with van der Waals surface area (Å²) >= 11 is 6.90. The Morgan fingerprint density at radius 1 is 0.978 bits per heavy atom. The fourth-order valence-electron chi connectivity index (χ4n) is 6.02. The number of carbonyl (C=O) groups is 2. The molecule has 4 rings (SSSR count). The van der Waals surface area contributed by atoms with Gasteiger partial charge in [-0.3, -0.25) is 23.9 Å². The highest BCUT2D eigenvalue weighted by molar-refractivity contribution is 8.26. The van der Waals surface area contributed by atoms with E-state index in [0.29, 0.717) is 41.0 Å². The van der Waals surface area contributed by atoms with Gasteiger partial charge < -0.3 is 14.9 Å². The van der Waals surface area contributed by atoms with E-state index in [-0.39, 0.29) is 23.5 Å². The van der Waals surface area contributed by atoms with Gasteiger partial charge in [-0.2, -0.15) is 5.26 Å². The maximum atomic E-state index is 13.6. The van der Waals surface area contributed by atoms with E-state index in [0.717, 1.165) is 81.5 Å². The van der Waals surface area contributed by atoms with Crippen molar-refractivity contribution < 1.29 is 14.7 Å². The molecule has 0 unspecified atom stereocenters. The first-order valence-electron chi connectivity index (χ1n) is 16.0. The van der Waals surface area contributed by atoms with Crippen LogP contribution in [-0.2, 0) is 16.1 Å². The number of thiocarbonyl (C=S) groups is 1. The van der Waals surface area contributed by atoms with Gasteiger partial charge in [-0.05, 0) is 50.5 Å². The third kappa shape index (κ3) is 8.56. The summed E-state index contributed by atoms with van der Waals surface area (Å²) in [5.74, 6) is -0.110. The highest BCUT2D eigenvalue weighted by Crippen LogP contribution is 2.36. The second kappa shape index (κ2) is 16.6. The molecule has 0 bridgehead atoms. The van der Waals surface area contributed by atoms with Gasteiger partial charge in [0, 0.05) is 56.9 Å². The van der Waals surface area contributed by atoms with Crippen molar-refractivity contribution in [1.82, 2.24) is 9.47 Å². The number of benzene rings is 1. The van der Waals surface area contributed by atoms with Crippen LogP contribution in [0, 0.1) is 18.3 Å². The third-order valence-electron chi connectivity index (χ3n) is 8.53. The van der Waals surface area contributed by atoms with Crippen LogP contribution >= 0.6 is 24.0 Å². The second-order valence-corrected chi connectivity index (χ2v) is 13.2. The molecule has 1 aromatic carbocycles. The van der Waals surface area contributed by atoms with Crippen LogP contribution in [0.25, 0.3) is 6.08 Å². The van der Waals surface area contributed by atoms with Gasteiger partial charge in [-0.15, -0.1) is 0 Å². The average molecular weight is 650 g/mol. The summed E-state index contributed by atoms with van der Waals surface area (Å²) in [5.41, 5.74) is 2.28. The number of nitriles is 1. The maximum absolute atomic E-state index is 13.6. The number of carboxylic acids is 1. The molecule has 2 aromatic rings. The van der Waals surface area contributed by atoms with Crippen LogP contribution in [0.15, 0.2) is 40.0 Å². The van der Waals surface area contributed by atoms with Crippen molar-refractivity contribution in [2.45, 2.75) is 78.2 Å². The number of nitrogens with zero attached hydrogens (tertiary/aromatic N) is 5. The first-order valence-corrected chi connectivity index (χ1v) is 17.2. The second-order valence-electron chi connectivity index (χ2n) is 11.5. The molecular formula is C34H43N5O4S2. The Balaban J connectivity index is 1.45. The topological polar surface area (TPSA) is 110 Å². The molecule has 0 atom stereocenters. The van der Waals surface area contributed by atoms with Gasteiger partial charge >= 0.3 is 5.97 Å². The van der Waals surface area contributed by atoms with Gasteiger partial charge in [0.15, 0.2) is 0 Å². The Kier molecular flexibility index (Phi) is 12.7. The molecule has 2 fully saturated rings. The number of anilines is 2. The van der Waals surface area contributed by atoms with Crippen LogP contribution in [0.5, 0.6) is 0 Å². The Morgan fingerprint density at radius 2 is 1.58 bits per heavy atom. The van der Waals surface area contributed by atoms with E-state index in [4.69, 9.17) is 17.3 Å². The first kappa shape index (κ1) is 34.3. The minimum absolute atomic E-state index is 0.104. The number of carboxylic acid groups (broad SMARTS) is 1. The predicted molar refractivity (Wildman–Crippen MR) is 186 cm³/mol. The first-order chi connectivity index (χ1) is 21.8. The fraction of sp³-hybridized carbons (Fsp3) is 0.500. The van der Waals surface area contributed by atoms with Crippen LogP contribution in [-0.4, -0.2) is 63.5 Å². The standard InChI is InChI=1S/C34H43N5O4S2/c1-3-38-31(37-21-19-36(20-22-37)26-15-11-10-12-16-26)27(25(2)28(24-35)32(38)42)23-29-33(43)39(34(44)45-29)18-14-9-7-5-4-6-8-13-17-30(40)41/h10-12,15-16,23H,3-9,13-14,17-22H2,1-2H3,(H,40,41)/b29-23+. The van der Waals surface area contributed by atoms with Gasteiger partial charge in [0.05, 0.1) is 4.91 Å². The molecule has 2 aliphatic rings. The highest BCUT2D eigenvalue weighted by atomic mass is 32.2. The summed E-state index contributed by atoms with van der Waals surface area (Å²) < 4.78 is 2.20. The van der Waals surface area contributed by atoms with Gasteiger partial charge in [0.2, 0.25) is 0 Å². The lowest BCUT2D eigenvalue weighted by Gasteiger charge is -2.39. The molecule has 45 heavy (non-hydrogen) atoms. The van der Waals surface area contributed by atoms with Crippen LogP contribution in [0.2, 0.25) is 0 Å². The van der Waals surface area contributed by atoms with Crippen molar-refractivity contribution in [3.8, 4) is 6.07 Å². The maximum Gasteiger partial charge on any atom is 0.303 e. The van der Waals surface area contributed by atoms with Crippen LogP contribution in [0.1, 0.15) is 81.4 Å². The Labute approximate surface area is 275 Å². The zero-order chi connectivity index (χ0) is 32.3. The van der Waals surface area contributed by atoms with Crippen molar-refractivity contribution >= 4 is 57.8 Å². The summed E-state index contributed by atoms with van der Waals surface area (Å²) in [6.45, 7) is 7.64. The normalized spacial score (nSPS) is 16.1. The van der Waals surface area contributed by atoms with Crippen LogP contribution < -0.4 is 15.4 Å². The number of hydrogen-bond donors (Lipinski definition) is 1. The third-order valence-corrected chi connectivity index (χ3v) is 9.91. The number of aliphatic carboxylic acids is 1. The average Bonchev–Trinajstić information content (AvgIpc) is 3.31. The SMILES string of the molecule is CCn1c(N2CCN(c3ccccc3)CC2)c(/C=C2/SC(=S)N(CCCCCCCCCCC(=O)O)C2=O)c(C)c(C#N)c1=O.